The van der Waals surface area contributed by atoms with Crippen molar-refractivity contribution in [1.82, 2.24) is 10.6 Å². The summed E-state index contributed by atoms with van der Waals surface area (Å²) >= 11 is 0. The Morgan fingerprint density at radius 2 is 0.913 bits per heavy atom. The van der Waals surface area contributed by atoms with Gasteiger partial charge in [0.25, 0.3) is 0 Å². The lowest BCUT2D eigenvalue weighted by Crippen LogP contribution is -2.45. The van der Waals surface area contributed by atoms with Gasteiger partial charge in [-0.2, -0.15) is 0 Å². The van der Waals surface area contributed by atoms with Gasteiger partial charge in [-0.1, -0.05) is 0 Å². The predicted molar refractivity (Wildman–Crippen MR) is 93.5 cm³/mol. The van der Waals surface area contributed by atoms with E-state index in [2.05, 4.69) is 10.6 Å². The molecule has 140 valence electrons. The van der Waals surface area contributed by atoms with Crippen molar-refractivity contribution in [2.75, 3.05) is 68.8 Å². The van der Waals surface area contributed by atoms with Gasteiger partial charge in [-0.3, -0.25) is 0 Å². The average Bonchev–Trinajstić information content (AvgIpc) is 2.61. The van der Waals surface area contributed by atoms with Gasteiger partial charge < -0.3 is 37.2 Å². The predicted octanol–water partition coefficient (Wildman–Crippen LogP) is 0.312. The summed E-state index contributed by atoms with van der Waals surface area (Å²) in [7, 11) is 4.93. The molecule has 0 fully saturated rings. The van der Waals surface area contributed by atoms with Crippen LogP contribution in [0.25, 0.3) is 0 Å². The van der Waals surface area contributed by atoms with Gasteiger partial charge in [0.15, 0.2) is 0 Å². The summed E-state index contributed by atoms with van der Waals surface area (Å²) in [6.07, 6.45) is 0.953. The van der Waals surface area contributed by atoms with Crippen molar-refractivity contribution >= 4 is 17.6 Å². The normalized spacial score (nSPS) is 12.8. The first-order chi connectivity index (χ1) is 11.1. The molecule has 0 saturated heterocycles. The molecule has 0 aliphatic carbocycles. The lowest BCUT2D eigenvalue weighted by Gasteiger charge is -2.24. The Kier molecular flexibility index (Phi) is 13.5. The van der Waals surface area contributed by atoms with Crippen LogP contribution in [-0.4, -0.2) is 86.4 Å². The molecule has 0 rings (SSSR count). The third-order valence-electron chi connectivity index (χ3n) is 3.79. The van der Waals surface area contributed by atoms with Crippen molar-refractivity contribution in [3.05, 3.63) is 0 Å². The van der Waals surface area contributed by atoms with Gasteiger partial charge in [0, 0.05) is 67.8 Å². The van der Waals surface area contributed by atoms with E-state index < -0.39 is 17.6 Å². The van der Waals surface area contributed by atoms with Gasteiger partial charge in [-0.25, -0.2) is 0 Å². The minimum atomic E-state index is -2.45. The van der Waals surface area contributed by atoms with Gasteiger partial charge in [-0.05, 0) is 19.5 Å². The highest BCUT2D eigenvalue weighted by Gasteiger charge is 2.37. The molecular formula is C13H34N2O6Si2. The van der Waals surface area contributed by atoms with Crippen LogP contribution in [0.2, 0.25) is 12.1 Å². The maximum atomic E-state index is 5.38. The monoisotopic (exact) mass is 370 g/mol. The molecule has 0 aliphatic rings. The fraction of sp³-hybridized carbons (Fsp3) is 1.00. The summed E-state index contributed by atoms with van der Waals surface area (Å²) in [5.41, 5.74) is 0. The van der Waals surface area contributed by atoms with Crippen molar-refractivity contribution in [2.45, 2.75) is 18.5 Å². The zero-order valence-electron chi connectivity index (χ0n) is 15.4. The van der Waals surface area contributed by atoms with E-state index in [0.717, 1.165) is 44.7 Å². The molecule has 2 N–H and O–H groups in total. The third kappa shape index (κ3) is 8.67. The van der Waals surface area contributed by atoms with E-state index in [-0.39, 0.29) is 0 Å². The molecule has 0 saturated carbocycles. The minimum Gasteiger partial charge on any atom is -0.377 e. The fourth-order valence-corrected chi connectivity index (χ4v) is 5.53. The second-order valence-corrected chi connectivity index (χ2v) is 11.1. The molecule has 0 aromatic heterocycles. The van der Waals surface area contributed by atoms with Crippen molar-refractivity contribution < 1.29 is 26.6 Å². The summed E-state index contributed by atoms with van der Waals surface area (Å²) in [6, 6.07) is 1.56. The average molecular weight is 371 g/mol. The largest absolute Gasteiger partial charge is 0.501 e. The number of nitrogens with one attached hydrogen (secondary N) is 2. The van der Waals surface area contributed by atoms with Crippen LogP contribution >= 0.6 is 0 Å². The lowest BCUT2D eigenvalue weighted by atomic mass is 10.4. The van der Waals surface area contributed by atoms with Gasteiger partial charge in [-0.15, -0.1) is 0 Å². The summed E-state index contributed by atoms with van der Waals surface area (Å²) in [6.45, 7) is 3.47. The van der Waals surface area contributed by atoms with E-state index in [1.807, 2.05) is 0 Å². The Labute approximate surface area is 142 Å². The topological polar surface area (TPSA) is 79.4 Å². The van der Waals surface area contributed by atoms with Crippen LogP contribution in [0.3, 0.4) is 0 Å². The molecule has 0 unspecified atom stereocenters. The number of rotatable bonds is 16. The second-order valence-electron chi connectivity index (χ2n) is 4.94. The Hall–Kier alpha value is 0.114. The van der Waals surface area contributed by atoms with E-state index in [0.29, 0.717) is 0 Å². The van der Waals surface area contributed by atoms with Crippen LogP contribution in [0.5, 0.6) is 0 Å². The molecule has 0 bridgehead atoms. The van der Waals surface area contributed by atoms with Crippen LogP contribution in [-0.2, 0) is 26.6 Å². The molecule has 10 heteroatoms. The molecule has 0 spiro atoms. The second kappa shape index (κ2) is 13.4. The Bertz CT molecular complexity index is 239. The molecule has 0 aromatic rings. The molecule has 8 nitrogen and oxygen atoms in total. The van der Waals surface area contributed by atoms with E-state index >= 15 is 0 Å². The van der Waals surface area contributed by atoms with E-state index in [1.54, 1.807) is 42.7 Å². The molecule has 0 radical (unpaired) electrons. The minimum absolute atomic E-state index is 0.750. The standard InChI is InChI=1S/C13H34N2O6Si2/c1-16-22(17-2,18-3)12-7-8-14-9-10-15-11-13-23(19-4,20-5)21-6/h14-15H,7-13H2,1-6H3. The first-order valence-corrected chi connectivity index (χ1v) is 11.7. The first kappa shape index (κ1) is 23.1. The Morgan fingerprint density at radius 3 is 1.35 bits per heavy atom. The van der Waals surface area contributed by atoms with Crippen molar-refractivity contribution in [3.8, 4) is 0 Å². The SMILES string of the molecule is CO[Si](CCCNCCNCC[Si](OC)(OC)OC)(OC)OC. The van der Waals surface area contributed by atoms with E-state index in [9.17, 15) is 0 Å². The van der Waals surface area contributed by atoms with Crippen LogP contribution < -0.4 is 10.6 Å². The van der Waals surface area contributed by atoms with Crippen LogP contribution in [0.4, 0.5) is 0 Å². The van der Waals surface area contributed by atoms with Gasteiger partial charge in [0.2, 0.25) is 0 Å². The van der Waals surface area contributed by atoms with E-state index in [1.165, 1.54) is 0 Å². The van der Waals surface area contributed by atoms with Crippen molar-refractivity contribution in [3.63, 3.8) is 0 Å². The molecule has 0 heterocycles. The van der Waals surface area contributed by atoms with Crippen LogP contribution in [0, 0.1) is 0 Å². The highest BCUT2D eigenvalue weighted by Crippen LogP contribution is 2.14. The molecular weight excluding hydrogens is 336 g/mol. The Morgan fingerprint density at radius 1 is 0.522 bits per heavy atom. The van der Waals surface area contributed by atoms with E-state index in [4.69, 9.17) is 26.6 Å². The molecule has 23 heavy (non-hydrogen) atoms. The van der Waals surface area contributed by atoms with Crippen molar-refractivity contribution in [1.29, 1.82) is 0 Å². The quantitative estimate of drug-likeness (QED) is 0.297. The van der Waals surface area contributed by atoms with Crippen LogP contribution in [0.1, 0.15) is 6.42 Å². The molecule has 0 atom stereocenters. The first-order valence-electron chi connectivity index (χ1n) is 7.80. The lowest BCUT2D eigenvalue weighted by molar-refractivity contribution is 0.123. The molecule has 0 aromatic carbocycles. The summed E-state index contributed by atoms with van der Waals surface area (Å²) in [5, 5.41) is 6.73. The summed E-state index contributed by atoms with van der Waals surface area (Å²) < 4.78 is 32.2. The highest BCUT2D eigenvalue weighted by atomic mass is 28.4. The van der Waals surface area contributed by atoms with Crippen LogP contribution in [0.15, 0.2) is 0 Å². The van der Waals surface area contributed by atoms with Crippen molar-refractivity contribution in [2.24, 2.45) is 0 Å². The number of hydrogen-bond donors (Lipinski definition) is 2. The number of hydrogen-bond acceptors (Lipinski definition) is 8. The zero-order valence-corrected chi connectivity index (χ0v) is 17.4. The molecule has 0 aliphatic heterocycles. The maximum absolute atomic E-state index is 5.38. The van der Waals surface area contributed by atoms with Gasteiger partial charge >= 0.3 is 17.6 Å². The Balaban J connectivity index is 3.64. The summed E-state index contributed by atoms with van der Waals surface area (Å²) in [4.78, 5) is 0. The smallest absolute Gasteiger partial charge is 0.377 e. The fourth-order valence-electron chi connectivity index (χ4n) is 2.21. The molecule has 0 amide bonds. The summed E-state index contributed by atoms with van der Waals surface area (Å²) in [5.74, 6) is 0. The maximum Gasteiger partial charge on any atom is 0.501 e. The third-order valence-corrected chi connectivity index (χ3v) is 9.35. The zero-order chi connectivity index (χ0) is 17.6. The van der Waals surface area contributed by atoms with Gasteiger partial charge in [0.1, 0.15) is 0 Å². The van der Waals surface area contributed by atoms with Gasteiger partial charge in [0.05, 0.1) is 0 Å². The highest BCUT2D eigenvalue weighted by molar-refractivity contribution is 6.60.